The first-order valence-corrected chi connectivity index (χ1v) is 8.36. The van der Waals surface area contributed by atoms with Crippen LogP contribution in [0.25, 0.3) is 5.69 Å². The number of para-hydroxylation sites is 1. The van der Waals surface area contributed by atoms with Crippen LogP contribution in [-0.2, 0) is 10.9 Å². The van der Waals surface area contributed by atoms with Crippen molar-refractivity contribution in [1.82, 2.24) is 15.0 Å². The Morgan fingerprint density at radius 1 is 1.17 bits per heavy atom. The first kappa shape index (κ1) is 20.3. The van der Waals surface area contributed by atoms with Crippen LogP contribution in [0.5, 0.6) is 0 Å². The molecule has 7 nitrogen and oxygen atoms in total. The normalized spacial score (nSPS) is 11.2. The lowest BCUT2D eigenvalue weighted by atomic mass is 10.1. The summed E-state index contributed by atoms with van der Waals surface area (Å²) >= 11 is 6.01. The van der Waals surface area contributed by atoms with Crippen LogP contribution in [0, 0.1) is 0 Å². The highest BCUT2D eigenvalue weighted by Crippen LogP contribution is 2.33. The Balaban J connectivity index is 1.87. The molecule has 11 heteroatoms. The van der Waals surface area contributed by atoms with Gasteiger partial charge in [0, 0.05) is 0 Å². The van der Waals surface area contributed by atoms with Crippen molar-refractivity contribution in [2.75, 3.05) is 12.4 Å². The van der Waals surface area contributed by atoms with Gasteiger partial charge in [-0.2, -0.15) is 13.2 Å². The maximum atomic E-state index is 13.2. The van der Waals surface area contributed by atoms with Gasteiger partial charge in [-0.1, -0.05) is 28.9 Å². The Morgan fingerprint density at radius 3 is 2.59 bits per heavy atom. The molecule has 1 amide bonds. The summed E-state index contributed by atoms with van der Waals surface area (Å²) in [5.41, 5.74) is -1.20. The van der Waals surface area contributed by atoms with E-state index >= 15 is 0 Å². The fourth-order valence-corrected chi connectivity index (χ4v) is 2.62. The van der Waals surface area contributed by atoms with Crippen LogP contribution < -0.4 is 5.32 Å². The Kier molecular flexibility index (Phi) is 5.55. The number of anilines is 1. The van der Waals surface area contributed by atoms with Gasteiger partial charge in [-0.25, -0.2) is 9.48 Å². The minimum absolute atomic E-state index is 0.102. The van der Waals surface area contributed by atoms with Crippen LogP contribution in [0.15, 0.2) is 48.7 Å². The number of benzene rings is 2. The number of esters is 1. The zero-order valence-electron chi connectivity index (χ0n) is 14.7. The van der Waals surface area contributed by atoms with Crippen molar-refractivity contribution in [2.24, 2.45) is 0 Å². The first-order valence-electron chi connectivity index (χ1n) is 7.99. The number of nitrogens with one attached hydrogen (secondary N) is 1. The van der Waals surface area contributed by atoms with E-state index in [0.717, 1.165) is 16.9 Å². The van der Waals surface area contributed by atoms with E-state index in [4.69, 9.17) is 11.6 Å². The van der Waals surface area contributed by atoms with Crippen molar-refractivity contribution in [3.63, 3.8) is 0 Å². The molecule has 0 saturated heterocycles. The standard InChI is InChI=1S/C18H12ClF3N4O3/c1-29-17(28)10-6-7-12(19)13(8-10)23-16(27)14-9-26(25-24-14)15-5-3-2-4-11(15)18(20,21)22/h2-9H,1H3,(H,23,27). The molecule has 2 aromatic carbocycles. The summed E-state index contributed by atoms with van der Waals surface area (Å²) in [4.78, 5) is 24.0. The highest BCUT2D eigenvalue weighted by Gasteiger charge is 2.34. The van der Waals surface area contributed by atoms with Crippen LogP contribution in [0.1, 0.15) is 26.4 Å². The van der Waals surface area contributed by atoms with Gasteiger partial charge in [-0.3, -0.25) is 4.79 Å². The van der Waals surface area contributed by atoms with Crippen molar-refractivity contribution < 1.29 is 27.5 Å². The number of hydrogen-bond acceptors (Lipinski definition) is 5. The summed E-state index contributed by atoms with van der Waals surface area (Å²) in [5, 5.41) is 9.80. The lowest BCUT2D eigenvalue weighted by Gasteiger charge is -2.11. The predicted molar refractivity (Wildman–Crippen MR) is 97.1 cm³/mol. The van der Waals surface area contributed by atoms with Crippen LogP contribution in [0.3, 0.4) is 0 Å². The van der Waals surface area contributed by atoms with Gasteiger partial charge in [0.2, 0.25) is 0 Å². The van der Waals surface area contributed by atoms with E-state index in [2.05, 4.69) is 20.4 Å². The van der Waals surface area contributed by atoms with Gasteiger partial charge in [0.15, 0.2) is 5.69 Å². The van der Waals surface area contributed by atoms with Crippen LogP contribution in [-0.4, -0.2) is 34.0 Å². The summed E-state index contributed by atoms with van der Waals surface area (Å²) < 4.78 is 45.0. The lowest BCUT2D eigenvalue weighted by Crippen LogP contribution is -2.14. The van der Waals surface area contributed by atoms with E-state index in [-0.39, 0.29) is 27.7 Å². The summed E-state index contributed by atoms with van der Waals surface area (Å²) in [5.74, 6) is -1.41. The van der Waals surface area contributed by atoms with Crippen molar-refractivity contribution in [3.8, 4) is 5.69 Å². The van der Waals surface area contributed by atoms with Gasteiger partial charge in [-0.15, -0.1) is 5.10 Å². The Labute approximate surface area is 167 Å². The molecule has 3 rings (SSSR count). The molecular formula is C18H12ClF3N4O3. The largest absolute Gasteiger partial charge is 0.465 e. The SMILES string of the molecule is COC(=O)c1ccc(Cl)c(NC(=O)c2cn(-c3ccccc3C(F)(F)F)nn2)c1. The van der Waals surface area contributed by atoms with Crippen molar-refractivity contribution in [2.45, 2.75) is 6.18 Å². The molecule has 29 heavy (non-hydrogen) atoms. The monoisotopic (exact) mass is 424 g/mol. The third-order valence-corrected chi connectivity index (χ3v) is 4.15. The lowest BCUT2D eigenvalue weighted by molar-refractivity contribution is -0.137. The topological polar surface area (TPSA) is 86.1 Å². The number of aromatic nitrogens is 3. The average Bonchev–Trinajstić information content (AvgIpc) is 3.18. The van der Waals surface area contributed by atoms with Gasteiger partial charge >= 0.3 is 12.1 Å². The molecule has 0 atom stereocenters. The van der Waals surface area contributed by atoms with E-state index in [1.54, 1.807) is 0 Å². The zero-order valence-corrected chi connectivity index (χ0v) is 15.5. The van der Waals surface area contributed by atoms with Gasteiger partial charge in [0.25, 0.3) is 5.91 Å². The maximum absolute atomic E-state index is 13.2. The third-order valence-electron chi connectivity index (χ3n) is 3.82. The van der Waals surface area contributed by atoms with E-state index in [1.807, 2.05) is 0 Å². The summed E-state index contributed by atoms with van der Waals surface area (Å²) in [6.07, 6.45) is -3.55. The number of amides is 1. The Morgan fingerprint density at radius 2 is 1.90 bits per heavy atom. The van der Waals surface area contributed by atoms with E-state index in [0.29, 0.717) is 0 Å². The first-order chi connectivity index (χ1) is 13.7. The number of carbonyl (C=O) groups excluding carboxylic acids is 2. The molecule has 1 heterocycles. The summed E-state index contributed by atoms with van der Waals surface area (Å²) in [7, 11) is 1.20. The maximum Gasteiger partial charge on any atom is 0.418 e. The van der Waals surface area contributed by atoms with Gasteiger partial charge < -0.3 is 10.1 Å². The molecule has 1 N–H and O–H groups in total. The molecule has 0 saturated carbocycles. The molecule has 0 unspecified atom stereocenters. The number of ether oxygens (including phenoxy) is 1. The van der Waals surface area contributed by atoms with Crippen LogP contribution in [0.4, 0.5) is 18.9 Å². The highest BCUT2D eigenvalue weighted by atomic mass is 35.5. The molecular weight excluding hydrogens is 413 g/mol. The van der Waals surface area contributed by atoms with Gasteiger partial charge in [0.05, 0.1) is 40.8 Å². The molecule has 3 aromatic rings. The number of carbonyl (C=O) groups is 2. The van der Waals surface area contributed by atoms with Crippen LogP contribution >= 0.6 is 11.6 Å². The van der Waals surface area contributed by atoms with Crippen LogP contribution in [0.2, 0.25) is 5.02 Å². The molecule has 150 valence electrons. The fraction of sp³-hybridized carbons (Fsp3) is 0.111. The molecule has 0 aliphatic heterocycles. The van der Waals surface area contributed by atoms with E-state index in [9.17, 15) is 22.8 Å². The third kappa shape index (κ3) is 4.37. The second kappa shape index (κ2) is 7.92. The summed E-state index contributed by atoms with van der Waals surface area (Å²) in [6.45, 7) is 0. The summed E-state index contributed by atoms with van der Waals surface area (Å²) in [6, 6.07) is 8.85. The second-order valence-electron chi connectivity index (χ2n) is 5.70. The Hall–Kier alpha value is -3.40. The smallest absolute Gasteiger partial charge is 0.418 e. The van der Waals surface area contributed by atoms with Gasteiger partial charge in [0.1, 0.15) is 0 Å². The predicted octanol–water partition coefficient (Wildman–Crippen LogP) is 3.98. The molecule has 0 fully saturated rings. The quantitative estimate of drug-likeness (QED) is 0.640. The van der Waals surface area contributed by atoms with Crippen molar-refractivity contribution >= 4 is 29.2 Å². The zero-order chi connectivity index (χ0) is 21.2. The fourth-order valence-electron chi connectivity index (χ4n) is 2.45. The average molecular weight is 425 g/mol. The molecule has 0 spiro atoms. The number of halogens is 4. The molecule has 0 radical (unpaired) electrons. The van der Waals surface area contributed by atoms with Crippen molar-refractivity contribution in [1.29, 1.82) is 0 Å². The number of nitrogens with zero attached hydrogens (tertiary/aromatic N) is 3. The second-order valence-corrected chi connectivity index (χ2v) is 6.11. The molecule has 0 aliphatic carbocycles. The molecule has 0 aliphatic rings. The van der Waals surface area contributed by atoms with E-state index in [1.165, 1.54) is 43.5 Å². The number of alkyl halides is 3. The number of methoxy groups -OCH3 is 1. The Bertz CT molecular complexity index is 1080. The van der Waals surface area contributed by atoms with Gasteiger partial charge in [-0.05, 0) is 30.3 Å². The molecule has 1 aromatic heterocycles. The minimum atomic E-state index is -4.60. The van der Waals surface area contributed by atoms with Crippen molar-refractivity contribution in [3.05, 3.63) is 70.5 Å². The molecule has 0 bridgehead atoms. The van der Waals surface area contributed by atoms with E-state index < -0.39 is 23.6 Å². The number of hydrogen-bond donors (Lipinski definition) is 1. The highest BCUT2D eigenvalue weighted by molar-refractivity contribution is 6.34. The minimum Gasteiger partial charge on any atom is -0.465 e. The number of rotatable bonds is 4.